The summed E-state index contributed by atoms with van der Waals surface area (Å²) in [5.41, 5.74) is -0.0709. The average molecular weight is 367 g/mol. The number of hydrogen-bond donors (Lipinski definition) is 2. The first kappa shape index (κ1) is 21.0. The number of rotatable bonds is 10. The predicted molar refractivity (Wildman–Crippen MR) is 106 cm³/mol. The molecule has 1 amide bonds. The number of ether oxygens (including phenoxy) is 1. The van der Waals surface area contributed by atoms with E-state index in [2.05, 4.69) is 24.5 Å². The fourth-order valence-electron chi connectivity index (χ4n) is 3.84. The zero-order chi connectivity index (χ0) is 18.7. The van der Waals surface area contributed by atoms with Crippen LogP contribution in [-0.2, 0) is 9.53 Å². The molecule has 26 heavy (non-hydrogen) atoms. The van der Waals surface area contributed by atoms with Gasteiger partial charge in [-0.2, -0.15) is 0 Å². The van der Waals surface area contributed by atoms with E-state index < -0.39 is 0 Å². The average Bonchev–Trinajstić information content (AvgIpc) is 3.07. The lowest BCUT2D eigenvalue weighted by molar-refractivity contribution is -0.127. The van der Waals surface area contributed by atoms with Crippen molar-refractivity contribution in [2.24, 2.45) is 4.99 Å². The Hall–Kier alpha value is -1.30. The number of guanidine groups is 1. The van der Waals surface area contributed by atoms with Crippen molar-refractivity contribution in [3.05, 3.63) is 0 Å². The van der Waals surface area contributed by atoms with Crippen LogP contribution in [-0.4, -0.2) is 61.7 Å². The van der Waals surface area contributed by atoms with Crippen molar-refractivity contribution in [3.63, 3.8) is 0 Å². The van der Waals surface area contributed by atoms with Gasteiger partial charge >= 0.3 is 0 Å². The lowest BCUT2D eigenvalue weighted by Gasteiger charge is -2.36. The van der Waals surface area contributed by atoms with Crippen molar-refractivity contribution >= 4 is 11.9 Å². The predicted octanol–water partition coefficient (Wildman–Crippen LogP) is 2.68. The first-order valence-electron chi connectivity index (χ1n) is 10.6. The van der Waals surface area contributed by atoms with Crippen LogP contribution in [0.1, 0.15) is 71.6 Å². The smallest absolute Gasteiger partial charge is 0.222 e. The van der Waals surface area contributed by atoms with Crippen LogP contribution < -0.4 is 10.6 Å². The Kier molecular flexibility index (Phi) is 9.23. The minimum atomic E-state index is -0.0709. The van der Waals surface area contributed by atoms with E-state index in [0.717, 1.165) is 83.8 Å². The monoisotopic (exact) mass is 366 g/mol. The maximum Gasteiger partial charge on any atom is 0.222 e. The minimum absolute atomic E-state index is 0.0709. The summed E-state index contributed by atoms with van der Waals surface area (Å²) in [5, 5.41) is 6.75. The first-order valence-corrected chi connectivity index (χ1v) is 10.6. The Morgan fingerprint density at radius 2 is 2.00 bits per heavy atom. The number of nitrogens with zero attached hydrogens (tertiary/aromatic N) is 2. The highest BCUT2D eigenvalue weighted by Crippen LogP contribution is 2.32. The molecular weight excluding hydrogens is 328 g/mol. The summed E-state index contributed by atoms with van der Waals surface area (Å²) in [4.78, 5) is 18.5. The summed E-state index contributed by atoms with van der Waals surface area (Å²) in [6.07, 6.45) is 9.77. The van der Waals surface area contributed by atoms with Crippen LogP contribution in [0.3, 0.4) is 0 Å². The number of aliphatic imine (C=N–C) groups is 1. The lowest BCUT2D eigenvalue weighted by atomic mass is 9.84. The van der Waals surface area contributed by atoms with Gasteiger partial charge in [-0.05, 0) is 39.0 Å². The molecule has 2 fully saturated rings. The van der Waals surface area contributed by atoms with Crippen LogP contribution >= 0.6 is 0 Å². The molecule has 0 aromatic carbocycles. The Morgan fingerprint density at radius 1 is 1.19 bits per heavy atom. The highest BCUT2D eigenvalue weighted by molar-refractivity contribution is 5.80. The molecule has 1 aliphatic heterocycles. The third kappa shape index (κ3) is 6.78. The molecule has 0 spiro atoms. The summed E-state index contributed by atoms with van der Waals surface area (Å²) in [7, 11) is 0. The van der Waals surface area contributed by atoms with Gasteiger partial charge in [-0.15, -0.1) is 0 Å². The third-order valence-electron chi connectivity index (χ3n) is 5.32. The van der Waals surface area contributed by atoms with E-state index in [1.807, 2.05) is 4.90 Å². The standard InChI is InChI=1S/C20H38N4O2/c1-3-16-26-20(11-6-5-7-12-20)17-23-19(21-4-2)22-13-9-15-24-14-8-10-18(24)25/h3-17H2,1-2H3,(H2,21,22,23). The molecule has 1 aliphatic carbocycles. The normalized spacial score (nSPS) is 20.5. The van der Waals surface area contributed by atoms with E-state index in [-0.39, 0.29) is 5.60 Å². The molecule has 2 rings (SSSR count). The number of carbonyl (C=O) groups is 1. The molecular formula is C20H38N4O2. The van der Waals surface area contributed by atoms with Gasteiger partial charge in [0.1, 0.15) is 0 Å². The van der Waals surface area contributed by atoms with E-state index in [1.165, 1.54) is 19.3 Å². The molecule has 150 valence electrons. The summed E-state index contributed by atoms with van der Waals surface area (Å²) in [5.74, 6) is 1.17. The van der Waals surface area contributed by atoms with Gasteiger partial charge in [-0.25, -0.2) is 0 Å². The second-order valence-electron chi connectivity index (χ2n) is 7.55. The molecule has 0 aromatic heterocycles. The van der Waals surface area contributed by atoms with Crippen LogP contribution in [0, 0.1) is 0 Å². The maximum absolute atomic E-state index is 11.7. The first-order chi connectivity index (χ1) is 12.7. The van der Waals surface area contributed by atoms with Crippen LogP contribution in [0.4, 0.5) is 0 Å². The number of amides is 1. The second kappa shape index (κ2) is 11.4. The van der Waals surface area contributed by atoms with E-state index in [0.29, 0.717) is 5.91 Å². The Balaban J connectivity index is 1.80. The van der Waals surface area contributed by atoms with Gasteiger partial charge in [0.15, 0.2) is 5.96 Å². The summed E-state index contributed by atoms with van der Waals surface area (Å²) < 4.78 is 6.25. The van der Waals surface area contributed by atoms with Crippen molar-refractivity contribution < 1.29 is 9.53 Å². The second-order valence-corrected chi connectivity index (χ2v) is 7.55. The van der Waals surface area contributed by atoms with Gasteiger partial charge in [0.05, 0.1) is 12.1 Å². The van der Waals surface area contributed by atoms with E-state index in [9.17, 15) is 4.79 Å². The SMILES string of the molecule is CCCOC1(CN=C(NCC)NCCCN2CCCC2=O)CCCCC1. The van der Waals surface area contributed by atoms with E-state index >= 15 is 0 Å². The van der Waals surface area contributed by atoms with Crippen molar-refractivity contribution in [1.29, 1.82) is 0 Å². The molecule has 0 atom stereocenters. The lowest BCUT2D eigenvalue weighted by Crippen LogP contribution is -2.43. The maximum atomic E-state index is 11.7. The topological polar surface area (TPSA) is 66.0 Å². The highest BCUT2D eigenvalue weighted by Gasteiger charge is 2.32. The quantitative estimate of drug-likeness (QED) is 0.354. The zero-order valence-electron chi connectivity index (χ0n) is 16.8. The number of hydrogen-bond acceptors (Lipinski definition) is 3. The summed E-state index contributed by atoms with van der Waals surface area (Å²) in [6, 6.07) is 0. The van der Waals surface area contributed by atoms with Crippen molar-refractivity contribution in [3.8, 4) is 0 Å². The van der Waals surface area contributed by atoms with Crippen LogP contribution in [0.15, 0.2) is 4.99 Å². The minimum Gasteiger partial charge on any atom is -0.373 e. The van der Waals surface area contributed by atoms with Gasteiger partial charge in [0.2, 0.25) is 5.91 Å². The Morgan fingerprint density at radius 3 is 2.65 bits per heavy atom. The fourth-order valence-corrected chi connectivity index (χ4v) is 3.84. The van der Waals surface area contributed by atoms with E-state index in [1.54, 1.807) is 0 Å². The number of nitrogens with one attached hydrogen (secondary N) is 2. The molecule has 0 radical (unpaired) electrons. The molecule has 2 aliphatic rings. The van der Waals surface area contributed by atoms with Crippen LogP contribution in [0.25, 0.3) is 0 Å². The number of carbonyl (C=O) groups excluding carboxylic acids is 1. The van der Waals surface area contributed by atoms with E-state index in [4.69, 9.17) is 9.73 Å². The Bertz CT molecular complexity index is 447. The molecule has 0 aromatic rings. The largest absolute Gasteiger partial charge is 0.373 e. The summed E-state index contributed by atoms with van der Waals surface area (Å²) >= 11 is 0. The molecule has 6 nitrogen and oxygen atoms in total. The molecule has 2 N–H and O–H groups in total. The van der Waals surface area contributed by atoms with Crippen molar-refractivity contribution in [2.45, 2.75) is 77.2 Å². The Labute approximate surface area is 159 Å². The van der Waals surface area contributed by atoms with Gasteiger partial charge in [-0.3, -0.25) is 9.79 Å². The van der Waals surface area contributed by atoms with Gasteiger partial charge in [-0.1, -0.05) is 26.2 Å². The van der Waals surface area contributed by atoms with Gasteiger partial charge in [0, 0.05) is 39.2 Å². The third-order valence-corrected chi connectivity index (χ3v) is 5.32. The van der Waals surface area contributed by atoms with Crippen LogP contribution in [0.2, 0.25) is 0 Å². The number of likely N-dealkylation sites (tertiary alicyclic amines) is 1. The van der Waals surface area contributed by atoms with Gasteiger partial charge in [0.25, 0.3) is 0 Å². The molecule has 1 saturated carbocycles. The molecule has 1 saturated heterocycles. The van der Waals surface area contributed by atoms with Crippen LogP contribution in [0.5, 0.6) is 0 Å². The summed E-state index contributed by atoms with van der Waals surface area (Å²) in [6.45, 7) is 9.24. The van der Waals surface area contributed by atoms with Crippen molar-refractivity contribution in [1.82, 2.24) is 15.5 Å². The van der Waals surface area contributed by atoms with Gasteiger partial charge < -0.3 is 20.3 Å². The zero-order valence-corrected chi connectivity index (χ0v) is 16.8. The molecule has 6 heteroatoms. The van der Waals surface area contributed by atoms with Crippen molar-refractivity contribution in [2.75, 3.05) is 39.3 Å². The molecule has 0 unspecified atom stereocenters. The molecule has 0 bridgehead atoms. The highest BCUT2D eigenvalue weighted by atomic mass is 16.5. The fraction of sp³-hybridized carbons (Fsp3) is 0.900. The molecule has 1 heterocycles.